The third-order valence-corrected chi connectivity index (χ3v) is 10.2. The van der Waals surface area contributed by atoms with Gasteiger partial charge in [0.15, 0.2) is 0 Å². The van der Waals surface area contributed by atoms with E-state index in [0.717, 1.165) is 54.9 Å². The maximum atomic E-state index is 9.44. The average Bonchev–Trinajstić information content (AvgIpc) is 3.34. The Morgan fingerprint density at radius 2 is 0.855 bits per heavy atom. The summed E-state index contributed by atoms with van der Waals surface area (Å²) in [5, 5.41) is 6.83. The Hall–Kier alpha value is -7.22. The molecule has 0 fully saturated rings. The zero-order valence-electron chi connectivity index (χ0n) is 38.6. The Labute approximate surface area is 334 Å². The van der Waals surface area contributed by atoms with Crippen LogP contribution in [0.25, 0.3) is 76.8 Å². The lowest BCUT2D eigenvalue weighted by Gasteiger charge is -2.26. The molecule has 10 rings (SSSR count). The molecule has 0 bridgehead atoms. The topological polar surface area (TPSA) is 3.24 Å². The number of nitrogens with zero attached hydrogens (tertiary/aromatic N) is 1. The highest BCUT2D eigenvalue weighted by Crippen LogP contribution is 2.41. The standard InChI is InChI=1S/C54H37N/c1-3-11-38(12-4-1)39-21-29-47(30-22-39)55(48-31-23-40(24-32-48)45-28-35-51-46(37-45)20-19-41-13-7-9-17-50(41)51)49-33-25-43(26-34-49)53-36-27-42-14-8-10-18-52(42)54(53)44-15-5-2-6-16-44/h1-37H/i1D,3D,4D,11D,12D,21D,22D,29D,30D. The summed E-state index contributed by atoms with van der Waals surface area (Å²) in [5.74, 6) is 0. The van der Waals surface area contributed by atoms with E-state index in [4.69, 9.17) is 6.85 Å². The van der Waals surface area contributed by atoms with E-state index < -0.39 is 54.4 Å². The molecule has 10 aromatic carbocycles. The Kier molecular flexibility index (Phi) is 6.14. The summed E-state index contributed by atoms with van der Waals surface area (Å²) in [7, 11) is 0. The van der Waals surface area contributed by atoms with Crippen molar-refractivity contribution in [2.75, 3.05) is 4.90 Å². The van der Waals surface area contributed by atoms with E-state index in [1.54, 1.807) is 4.90 Å². The molecular weight excluding hydrogens is 663 g/mol. The molecule has 0 saturated carbocycles. The monoisotopic (exact) mass is 708 g/mol. The van der Waals surface area contributed by atoms with E-state index >= 15 is 0 Å². The van der Waals surface area contributed by atoms with Gasteiger partial charge in [-0.25, -0.2) is 0 Å². The lowest BCUT2D eigenvalue weighted by atomic mass is 9.90. The molecule has 258 valence electrons. The quantitative estimate of drug-likeness (QED) is 0.149. The Morgan fingerprint density at radius 1 is 0.309 bits per heavy atom. The minimum absolute atomic E-state index is 0.0557. The summed E-state index contributed by atoms with van der Waals surface area (Å²) in [4.78, 5) is 1.69. The largest absolute Gasteiger partial charge is 0.311 e. The number of benzene rings is 10. The van der Waals surface area contributed by atoms with Crippen LogP contribution in [0, 0.1) is 0 Å². The molecule has 0 aliphatic heterocycles. The smallest absolute Gasteiger partial charge is 0.0645 e. The lowest BCUT2D eigenvalue weighted by molar-refractivity contribution is 1.28. The molecule has 0 aliphatic rings. The Morgan fingerprint density at radius 3 is 1.58 bits per heavy atom. The summed E-state index contributed by atoms with van der Waals surface area (Å²) in [6.45, 7) is 0. The lowest BCUT2D eigenvalue weighted by Crippen LogP contribution is -2.09. The van der Waals surface area contributed by atoms with E-state index in [9.17, 15) is 5.48 Å². The highest BCUT2D eigenvalue weighted by atomic mass is 15.1. The van der Waals surface area contributed by atoms with Gasteiger partial charge in [-0.2, -0.15) is 0 Å². The van der Waals surface area contributed by atoms with Crippen molar-refractivity contribution in [3.63, 3.8) is 0 Å². The summed E-state index contributed by atoms with van der Waals surface area (Å²) in [5.41, 5.74) is 6.37. The highest BCUT2D eigenvalue weighted by molar-refractivity contribution is 6.08. The zero-order valence-corrected chi connectivity index (χ0v) is 29.6. The molecule has 0 unspecified atom stereocenters. The van der Waals surface area contributed by atoms with Gasteiger partial charge in [0, 0.05) is 17.1 Å². The summed E-state index contributed by atoms with van der Waals surface area (Å²) >= 11 is 0. The SMILES string of the molecule is [2H]c1c([2H])c([2H])c(-c2c([2H])c([2H])c(N(c3ccc(-c4ccc5c(ccc6ccccc65)c4)cc3)c3ccc(-c4ccc5ccccc5c4-c4ccccc4)cc3)c([2H])c2[2H])c([2H])c1[2H]. The van der Waals surface area contributed by atoms with Crippen LogP contribution in [0.2, 0.25) is 0 Å². The maximum Gasteiger partial charge on any atom is 0.0645 e. The van der Waals surface area contributed by atoms with Crippen molar-refractivity contribution < 1.29 is 12.3 Å². The molecule has 55 heavy (non-hydrogen) atoms. The molecular formula is C54H37N. The molecule has 0 aromatic heterocycles. The zero-order chi connectivity index (χ0) is 44.4. The van der Waals surface area contributed by atoms with E-state index in [1.165, 1.54) is 10.8 Å². The minimum atomic E-state index is -0.625. The first kappa shape index (κ1) is 24.2. The van der Waals surface area contributed by atoms with Crippen LogP contribution in [-0.2, 0) is 0 Å². The van der Waals surface area contributed by atoms with Crippen LogP contribution < -0.4 is 4.90 Å². The number of anilines is 3. The summed E-state index contributed by atoms with van der Waals surface area (Å²) in [6, 6.07) is 52.2. The van der Waals surface area contributed by atoms with Crippen molar-refractivity contribution in [3.05, 3.63) is 224 Å². The van der Waals surface area contributed by atoms with Gasteiger partial charge in [0.2, 0.25) is 0 Å². The molecule has 0 spiro atoms. The van der Waals surface area contributed by atoms with Crippen molar-refractivity contribution in [2.24, 2.45) is 0 Å². The Bertz CT molecular complexity index is 3420. The second-order valence-electron chi connectivity index (χ2n) is 13.5. The van der Waals surface area contributed by atoms with E-state index in [-0.39, 0.29) is 16.8 Å². The Balaban J connectivity index is 1.13. The summed E-state index contributed by atoms with van der Waals surface area (Å²) in [6.07, 6.45) is 0. The van der Waals surface area contributed by atoms with Gasteiger partial charge in [-0.15, -0.1) is 0 Å². The van der Waals surface area contributed by atoms with Crippen LogP contribution in [0.15, 0.2) is 224 Å². The fourth-order valence-corrected chi connectivity index (χ4v) is 7.54. The third-order valence-electron chi connectivity index (χ3n) is 10.2. The average molecular weight is 709 g/mol. The molecule has 0 amide bonds. The first-order valence-corrected chi connectivity index (χ1v) is 18.2. The van der Waals surface area contributed by atoms with Gasteiger partial charge in [-0.05, 0) is 119 Å². The van der Waals surface area contributed by atoms with Gasteiger partial charge in [-0.3, -0.25) is 0 Å². The predicted octanol–water partition coefficient (Wildman–Crippen LogP) is 15.3. The summed E-state index contributed by atoms with van der Waals surface area (Å²) < 4.78 is 79.2. The van der Waals surface area contributed by atoms with E-state index in [2.05, 4.69) is 78.9 Å². The van der Waals surface area contributed by atoms with Crippen molar-refractivity contribution in [3.8, 4) is 44.5 Å². The van der Waals surface area contributed by atoms with Crippen LogP contribution in [-0.4, -0.2) is 0 Å². The van der Waals surface area contributed by atoms with Gasteiger partial charge in [-0.1, -0.05) is 182 Å². The molecule has 1 nitrogen and oxygen atoms in total. The molecule has 10 aromatic rings. The number of fused-ring (bicyclic) bond motifs is 4. The van der Waals surface area contributed by atoms with E-state index in [1.807, 2.05) is 91.0 Å². The molecule has 0 radical (unpaired) electrons. The number of hydrogen-bond donors (Lipinski definition) is 0. The van der Waals surface area contributed by atoms with Crippen LogP contribution in [0.3, 0.4) is 0 Å². The van der Waals surface area contributed by atoms with Crippen LogP contribution in [0.4, 0.5) is 17.1 Å². The highest BCUT2D eigenvalue weighted by Gasteiger charge is 2.16. The number of rotatable bonds is 7. The van der Waals surface area contributed by atoms with Crippen LogP contribution in [0.5, 0.6) is 0 Å². The third kappa shape index (κ3) is 6.12. The minimum Gasteiger partial charge on any atom is -0.311 e. The second-order valence-corrected chi connectivity index (χ2v) is 13.5. The molecule has 0 heterocycles. The van der Waals surface area contributed by atoms with Crippen molar-refractivity contribution >= 4 is 49.4 Å². The van der Waals surface area contributed by atoms with Crippen LogP contribution >= 0.6 is 0 Å². The normalized spacial score (nSPS) is 13.6. The molecule has 0 atom stereocenters. The fraction of sp³-hybridized carbons (Fsp3) is 0. The fourth-order valence-electron chi connectivity index (χ4n) is 7.54. The van der Waals surface area contributed by atoms with Crippen molar-refractivity contribution in [1.82, 2.24) is 0 Å². The van der Waals surface area contributed by atoms with Gasteiger partial charge in [0.25, 0.3) is 0 Å². The first-order chi connectivity index (χ1) is 31.0. The molecule has 0 aliphatic carbocycles. The molecule has 1 heteroatoms. The molecule has 0 saturated heterocycles. The van der Waals surface area contributed by atoms with E-state index in [0.29, 0.717) is 11.4 Å². The van der Waals surface area contributed by atoms with Crippen molar-refractivity contribution in [1.29, 1.82) is 0 Å². The maximum absolute atomic E-state index is 9.44. The molecule has 0 N–H and O–H groups in total. The van der Waals surface area contributed by atoms with Gasteiger partial charge in [0.1, 0.15) is 0 Å². The van der Waals surface area contributed by atoms with Crippen LogP contribution in [0.1, 0.15) is 12.3 Å². The predicted molar refractivity (Wildman–Crippen MR) is 235 cm³/mol. The number of hydrogen-bond acceptors (Lipinski definition) is 1. The first-order valence-electron chi connectivity index (χ1n) is 22.7. The van der Waals surface area contributed by atoms with Gasteiger partial charge in [0.05, 0.1) is 12.3 Å². The van der Waals surface area contributed by atoms with Crippen molar-refractivity contribution in [2.45, 2.75) is 0 Å². The van der Waals surface area contributed by atoms with Gasteiger partial charge < -0.3 is 4.90 Å². The second kappa shape index (κ2) is 14.0. The van der Waals surface area contributed by atoms with Gasteiger partial charge >= 0.3 is 0 Å².